The Bertz CT molecular complexity index is 1190. The Kier molecular flexibility index (Phi) is 4.15. The number of benzene rings is 1. The van der Waals surface area contributed by atoms with Gasteiger partial charge in [-0.2, -0.15) is 5.10 Å². The molecule has 1 aromatic carbocycles. The van der Waals surface area contributed by atoms with Crippen LogP contribution in [0, 0.1) is 0 Å². The largest absolute Gasteiger partial charge is 0.497 e. The molecule has 1 amide bonds. The summed E-state index contributed by atoms with van der Waals surface area (Å²) in [6.07, 6.45) is 0. The third-order valence-electron chi connectivity index (χ3n) is 4.62. The molecule has 0 unspecified atom stereocenters. The van der Waals surface area contributed by atoms with Gasteiger partial charge in [0.25, 0.3) is 11.5 Å². The lowest BCUT2D eigenvalue weighted by atomic mass is 10.2. The normalized spacial score (nSPS) is 20.3. The summed E-state index contributed by atoms with van der Waals surface area (Å²) in [5.74, 6) is 0.575. The van der Waals surface area contributed by atoms with Gasteiger partial charge in [-0.15, -0.1) is 11.3 Å². The number of anilines is 1. The summed E-state index contributed by atoms with van der Waals surface area (Å²) in [5.41, 5.74) is 1.98. The van der Waals surface area contributed by atoms with E-state index in [0.717, 1.165) is 21.4 Å². The molecule has 2 aliphatic rings. The maximum absolute atomic E-state index is 13.0. The van der Waals surface area contributed by atoms with Gasteiger partial charge in [-0.25, -0.2) is 5.01 Å². The smallest absolute Gasteiger partial charge is 0.278 e. The van der Waals surface area contributed by atoms with E-state index >= 15 is 0 Å². The Hall–Kier alpha value is -2.52. The molecule has 1 aromatic heterocycles. The number of hydrogen-bond donors (Lipinski definition) is 0. The van der Waals surface area contributed by atoms with Crippen molar-refractivity contribution in [2.75, 3.05) is 26.1 Å². The molecule has 27 heavy (non-hydrogen) atoms. The second-order valence-corrected chi connectivity index (χ2v) is 8.32. The maximum Gasteiger partial charge on any atom is 0.278 e. The van der Waals surface area contributed by atoms with Gasteiger partial charge in [0.2, 0.25) is 0 Å². The number of ether oxygens (including phenoxy) is 1. The van der Waals surface area contributed by atoms with E-state index < -0.39 is 0 Å². The second-order valence-electron chi connectivity index (χ2n) is 6.29. The standard InChI is InChI=1S/C18H18N4O3S2/c1-9-13(15(23)22(4)19-9)17-21(3)16(24)14(27-17)18-20(2)11-8-10(25-5)6-7-12(11)26-18/h6-8H,1-5H3. The zero-order chi connectivity index (χ0) is 19.5. The van der Waals surface area contributed by atoms with E-state index in [1.54, 1.807) is 39.9 Å². The SMILES string of the molecule is COc1ccc2c(c1)N(C)C(=c1sc(=C3C(=O)N(C)N=C3C)n(C)c1=O)S2. The summed E-state index contributed by atoms with van der Waals surface area (Å²) in [7, 11) is 6.87. The summed E-state index contributed by atoms with van der Waals surface area (Å²) in [6.45, 7) is 1.78. The number of fused-ring (bicyclic) bond motifs is 1. The molecule has 0 spiro atoms. The number of nitrogens with zero attached hydrogens (tertiary/aromatic N) is 4. The molecule has 0 atom stereocenters. The predicted octanol–water partition coefficient (Wildman–Crippen LogP) is 0.762. The summed E-state index contributed by atoms with van der Waals surface area (Å²) in [6, 6.07) is 5.85. The fourth-order valence-corrected chi connectivity index (χ4v) is 5.65. The summed E-state index contributed by atoms with van der Waals surface area (Å²) < 4.78 is 8.08. The quantitative estimate of drug-likeness (QED) is 0.705. The van der Waals surface area contributed by atoms with Crippen LogP contribution in [0.3, 0.4) is 0 Å². The molecular formula is C18H18N4O3S2. The Morgan fingerprint density at radius 1 is 1.15 bits per heavy atom. The van der Waals surface area contributed by atoms with Crippen LogP contribution >= 0.6 is 23.1 Å². The monoisotopic (exact) mass is 402 g/mol. The first-order valence-electron chi connectivity index (χ1n) is 8.21. The van der Waals surface area contributed by atoms with Gasteiger partial charge in [-0.1, -0.05) is 11.8 Å². The van der Waals surface area contributed by atoms with Gasteiger partial charge in [0, 0.05) is 32.1 Å². The van der Waals surface area contributed by atoms with Crippen molar-refractivity contribution in [3.05, 3.63) is 37.7 Å². The lowest BCUT2D eigenvalue weighted by Gasteiger charge is -2.13. The number of hydrogen-bond acceptors (Lipinski definition) is 7. The second kappa shape index (κ2) is 6.28. The highest BCUT2D eigenvalue weighted by atomic mass is 32.2. The lowest BCUT2D eigenvalue weighted by molar-refractivity contribution is -0.123. The fourth-order valence-electron chi connectivity index (χ4n) is 3.14. The molecule has 0 radical (unpaired) electrons. The first kappa shape index (κ1) is 17.9. The zero-order valence-corrected chi connectivity index (χ0v) is 17.2. The minimum Gasteiger partial charge on any atom is -0.497 e. The number of rotatable bonds is 1. The number of amides is 1. The van der Waals surface area contributed by atoms with Crippen LogP contribution in [-0.2, 0) is 11.8 Å². The van der Waals surface area contributed by atoms with E-state index in [0.29, 0.717) is 20.5 Å². The average molecular weight is 403 g/mol. The van der Waals surface area contributed by atoms with Crippen LogP contribution in [0.5, 0.6) is 5.75 Å². The van der Waals surface area contributed by atoms with Crippen LogP contribution in [0.2, 0.25) is 0 Å². The predicted molar refractivity (Wildman–Crippen MR) is 109 cm³/mol. The van der Waals surface area contributed by atoms with E-state index in [1.165, 1.54) is 20.9 Å². The number of carbonyl (C=O) groups is 1. The third-order valence-corrected chi connectivity index (χ3v) is 7.23. The van der Waals surface area contributed by atoms with Crippen molar-refractivity contribution in [3.63, 3.8) is 0 Å². The topological polar surface area (TPSA) is 67.1 Å². The van der Waals surface area contributed by atoms with Crippen molar-refractivity contribution in [2.45, 2.75) is 11.8 Å². The molecule has 7 nitrogen and oxygen atoms in total. The van der Waals surface area contributed by atoms with Crippen LogP contribution in [0.4, 0.5) is 5.69 Å². The molecule has 0 aliphatic carbocycles. The average Bonchev–Trinajstić information content (AvgIpc) is 3.21. The van der Waals surface area contributed by atoms with Crippen LogP contribution in [-0.4, -0.2) is 42.4 Å². The van der Waals surface area contributed by atoms with Crippen LogP contribution in [0.1, 0.15) is 6.92 Å². The molecule has 9 heteroatoms. The Morgan fingerprint density at radius 3 is 2.52 bits per heavy atom. The molecule has 3 heterocycles. The number of thioether (sulfide) groups is 1. The number of carbonyl (C=O) groups excluding carboxylic acids is 1. The molecule has 0 fully saturated rings. The number of thiazole rings is 1. The highest BCUT2D eigenvalue weighted by Crippen LogP contribution is 2.46. The Morgan fingerprint density at radius 2 is 1.89 bits per heavy atom. The third kappa shape index (κ3) is 2.61. The first-order chi connectivity index (χ1) is 12.8. The van der Waals surface area contributed by atoms with Crippen molar-refractivity contribution in [1.82, 2.24) is 9.58 Å². The van der Waals surface area contributed by atoms with Gasteiger partial charge in [0.05, 0.1) is 24.1 Å². The molecule has 140 valence electrons. The van der Waals surface area contributed by atoms with Crippen molar-refractivity contribution in [3.8, 4) is 5.75 Å². The van der Waals surface area contributed by atoms with Gasteiger partial charge in [0.15, 0.2) is 0 Å². The van der Waals surface area contributed by atoms with Crippen molar-refractivity contribution >= 4 is 51.0 Å². The lowest BCUT2D eigenvalue weighted by Crippen LogP contribution is -2.33. The Balaban J connectivity index is 1.97. The highest BCUT2D eigenvalue weighted by Gasteiger charge is 2.29. The van der Waals surface area contributed by atoms with E-state index in [4.69, 9.17) is 4.74 Å². The number of methoxy groups -OCH3 is 1. The van der Waals surface area contributed by atoms with E-state index in [1.807, 2.05) is 30.1 Å². The van der Waals surface area contributed by atoms with Crippen LogP contribution in [0.25, 0.3) is 10.6 Å². The minimum atomic E-state index is -0.193. The zero-order valence-electron chi connectivity index (χ0n) is 15.6. The van der Waals surface area contributed by atoms with E-state index in [2.05, 4.69) is 5.10 Å². The molecule has 2 aliphatic heterocycles. The number of hydrazone groups is 1. The van der Waals surface area contributed by atoms with Crippen LogP contribution in [0.15, 0.2) is 33.0 Å². The molecule has 0 N–H and O–H groups in total. The molecule has 0 saturated carbocycles. The minimum absolute atomic E-state index is 0.119. The summed E-state index contributed by atoms with van der Waals surface area (Å²) in [5, 5.41) is 6.35. The molecule has 2 aromatic rings. The molecule has 4 rings (SSSR count). The van der Waals surface area contributed by atoms with Gasteiger partial charge >= 0.3 is 0 Å². The van der Waals surface area contributed by atoms with E-state index in [9.17, 15) is 9.59 Å². The Labute approximate surface area is 163 Å². The van der Waals surface area contributed by atoms with Crippen LogP contribution < -0.4 is 24.4 Å². The van der Waals surface area contributed by atoms with E-state index in [-0.39, 0.29) is 11.5 Å². The number of aromatic nitrogens is 1. The highest BCUT2D eigenvalue weighted by molar-refractivity contribution is 8.08. The van der Waals surface area contributed by atoms with Gasteiger partial charge in [-0.3, -0.25) is 9.59 Å². The van der Waals surface area contributed by atoms with Crippen molar-refractivity contribution in [2.24, 2.45) is 12.1 Å². The summed E-state index contributed by atoms with van der Waals surface area (Å²) >= 11 is 2.88. The maximum atomic E-state index is 13.0. The van der Waals surface area contributed by atoms with Gasteiger partial charge in [0.1, 0.15) is 20.0 Å². The van der Waals surface area contributed by atoms with Crippen molar-refractivity contribution < 1.29 is 9.53 Å². The van der Waals surface area contributed by atoms with Gasteiger partial charge < -0.3 is 14.2 Å². The van der Waals surface area contributed by atoms with Crippen molar-refractivity contribution in [1.29, 1.82) is 0 Å². The molecule has 0 bridgehead atoms. The van der Waals surface area contributed by atoms with Gasteiger partial charge in [-0.05, 0) is 19.1 Å². The molecule has 0 saturated heterocycles. The summed E-state index contributed by atoms with van der Waals surface area (Å²) in [4.78, 5) is 28.5. The fraction of sp³-hybridized carbons (Fsp3) is 0.278. The molecular weight excluding hydrogens is 384 g/mol. The first-order valence-corrected chi connectivity index (χ1v) is 9.84.